The van der Waals surface area contributed by atoms with Gasteiger partial charge in [0.25, 0.3) is 5.91 Å². The second-order valence-corrected chi connectivity index (χ2v) is 6.83. The van der Waals surface area contributed by atoms with Crippen molar-refractivity contribution in [3.63, 3.8) is 0 Å². The topological polar surface area (TPSA) is 69.3 Å². The highest BCUT2D eigenvalue weighted by molar-refractivity contribution is 6.02. The van der Waals surface area contributed by atoms with Crippen LogP contribution in [-0.4, -0.2) is 15.7 Å². The molecule has 6 nitrogen and oxygen atoms in total. The number of anilines is 1. The molecule has 2 aromatic carbocycles. The van der Waals surface area contributed by atoms with Gasteiger partial charge >= 0.3 is 0 Å². The zero-order chi connectivity index (χ0) is 20.9. The summed E-state index contributed by atoms with van der Waals surface area (Å²) in [5.41, 5.74) is 2.32. The molecule has 0 bridgehead atoms. The van der Waals surface area contributed by atoms with Crippen LogP contribution in [0.15, 0.2) is 77.5 Å². The number of nitrogens with one attached hydrogen (secondary N) is 1. The van der Waals surface area contributed by atoms with E-state index in [1.54, 1.807) is 29.1 Å². The van der Waals surface area contributed by atoms with Crippen molar-refractivity contribution in [3.05, 3.63) is 102 Å². The number of nitrogens with zero attached hydrogens (tertiary/aromatic N) is 2. The van der Waals surface area contributed by atoms with Crippen molar-refractivity contribution in [2.75, 3.05) is 5.32 Å². The first-order chi connectivity index (χ1) is 14.6. The summed E-state index contributed by atoms with van der Waals surface area (Å²) in [6, 6.07) is 17.3. The fourth-order valence-electron chi connectivity index (χ4n) is 2.97. The molecule has 0 fully saturated rings. The van der Waals surface area contributed by atoms with Crippen LogP contribution in [0.3, 0.4) is 0 Å². The molecule has 7 heteroatoms. The molecule has 0 saturated heterocycles. The molecule has 0 aliphatic carbocycles. The number of halogens is 1. The summed E-state index contributed by atoms with van der Waals surface area (Å²) in [5.74, 6) is 0.808. The van der Waals surface area contributed by atoms with Crippen LogP contribution in [-0.2, 0) is 13.2 Å². The predicted molar refractivity (Wildman–Crippen MR) is 110 cm³/mol. The number of hydrogen-bond acceptors (Lipinski definition) is 4. The fraction of sp³-hybridized carbons (Fsp3) is 0.130. The number of hydrogen-bond donors (Lipinski definition) is 1. The molecule has 0 aliphatic rings. The van der Waals surface area contributed by atoms with Crippen LogP contribution in [0, 0.1) is 12.7 Å². The summed E-state index contributed by atoms with van der Waals surface area (Å²) in [5, 5.41) is 6.93. The second-order valence-electron chi connectivity index (χ2n) is 6.83. The summed E-state index contributed by atoms with van der Waals surface area (Å²) in [4.78, 5) is 12.4. The SMILES string of the molecule is Cc1ccccc1OCc1ccc(C(=O)Nc2cnn(Cc3cccc(F)c3)c2)o1. The summed E-state index contributed by atoms with van der Waals surface area (Å²) < 4.78 is 26.2. The van der Waals surface area contributed by atoms with Gasteiger partial charge in [0.15, 0.2) is 5.76 Å². The van der Waals surface area contributed by atoms with Crippen LogP contribution < -0.4 is 10.1 Å². The van der Waals surface area contributed by atoms with Crippen molar-refractivity contribution in [2.45, 2.75) is 20.1 Å². The highest BCUT2D eigenvalue weighted by Gasteiger charge is 2.13. The largest absolute Gasteiger partial charge is 0.485 e. The van der Waals surface area contributed by atoms with Crippen LogP contribution in [0.25, 0.3) is 0 Å². The summed E-state index contributed by atoms with van der Waals surface area (Å²) >= 11 is 0. The Balaban J connectivity index is 1.34. The van der Waals surface area contributed by atoms with E-state index in [0.29, 0.717) is 18.0 Å². The third-order valence-corrected chi connectivity index (χ3v) is 4.47. The van der Waals surface area contributed by atoms with Crippen LogP contribution in [0.5, 0.6) is 5.75 Å². The van der Waals surface area contributed by atoms with Crippen molar-refractivity contribution in [2.24, 2.45) is 0 Å². The Bertz CT molecular complexity index is 1170. The van der Waals surface area contributed by atoms with E-state index in [0.717, 1.165) is 16.9 Å². The van der Waals surface area contributed by atoms with E-state index >= 15 is 0 Å². The minimum absolute atomic E-state index is 0.177. The number of amides is 1. The highest BCUT2D eigenvalue weighted by atomic mass is 19.1. The Labute approximate surface area is 172 Å². The molecule has 0 spiro atoms. The van der Waals surface area contributed by atoms with Crippen LogP contribution in [0.2, 0.25) is 0 Å². The van der Waals surface area contributed by atoms with Gasteiger partial charge in [-0.3, -0.25) is 9.48 Å². The van der Waals surface area contributed by atoms with Crippen molar-refractivity contribution >= 4 is 11.6 Å². The van der Waals surface area contributed by atoms with Gasteiger partial charge in [0.2, 0.25) is 0 Å². The van der Waals surface area contributed by atoms with Gasteiger partial charge in [0.05, 0.1) is 18.4 Å². The molecule has 4 aromatic rings. The number of ether oxygens (including phenoxy) is 1. The maximum absolute atomic E-state index is 13.3. The molecule has 1 amide bonds. The zero-order valence-electron chi connectivity index (χ0n) is 16.3. The average molecular weight is 405 g/mol. The van der Waals surface area contributed by atoms with Gasteiger partial charge in [-0.05, 0) is 48.4 Å². The molecule has 0 aliphatic heterocycles. The van der Waals surface area contributed by atoms with Crippen LogP contribution in [0.4, 0.5) is 10.1 Å². The number of aromatic nitrogens is 2. The molecule has 0 radical (unpaired) electrons. The van der Waals surface area contributed by atoms with E-state index in [2.05, 4.69) is 10.4 Å². The number of aryl methyl sites for hydroxylation is 1. The van der Waals surface area contributed by atoms with Crippen LogP contribution >= 0.6 is 0 Å². The van der Waals surface area contributed by atoms with Gasteiger partial charge in [0, 0.05) is 6.20 Å². The number of benzene rings is 2. The second kappa shape index (κ2) is 8.65. The molecule has 152 valence electrons. The van der Waals surface area contributed by atoms with Gasteiger partial charge in [-0.15, -0.1) is 0 Å². The van der Waals surface area contributed by atoms with E-state index in [-0.39, 0.29) is 24.1 Å². The number of rotatable bonds is 7. The Morgan fingerprint density at radius 1 is 1.17 bits per heavy atom. The van der Waals surface area contributed by atoms with Gasteiger partial charge in [-0.25, -0.2) is 4.39 Å². The molecular formula is C23H20FN3O3. The molecule has 2 aromatic heterocycles. The molecule has 4 rings (SSSR count). The molecular weight excluding hydrogens is 385 g/mol. The average Bonchev–Trinajstić information content (AvgIpc) is 3.37. The number of para-hydroxylation sites is 1. The Kier molecular flexibility index (Phi) is 5.61. The lowest BCUT2D eigenvalue weighted by atomic mass is 10.2. The minimum atomic E-state index is -0.387. The number of carbonyl (C=O) groups excluding carboxylic acids is 1. The molecule has 30 heavy (non-hydrogen) atoms. The van der Waals surface area contributed by atoms with E-state index < -0.39 is 0 Å². The van der Waals surface area contributed by atoms with Crippen molar-refractivity contribution in [1.29, 1.82) is 0 Å². The van der Waals surface area contributed by atoms with Gasteiger partial charge < -0.3 is 14.5 Å². The molecule has 0 atom stereocenters. The molecule has 0 saturated carbocycles. The van der Waals surface area contributed by atoms with Crippen molar-refractivity contribution in [3.8, 4) is 5.75 Å². The summed E-state index contributed by atoms with van der Waals surface area (Å²) in [6.45, 7) is 2.59. The van der Waals surface area contributed by atoms with E-state index in [4.69, 9.17) is 9.15 Å². The van der Waals surface area contributed by atoms with E-state index in [1.807, 2.05) is 37.3 Å². The van der Waals surface area contributed by atoms with E-state index in [1.165, 1.54) is 18.3 Å². The van der Waals surface area contributed by atoms with Gasteiger partial charge in [-0.2, -0.15) is 5.10 Å². The standard InChI is InChI=1S/C23H20FN3O3/c1-16-5-2-3-8-21(16)29-15-20-9-10-22(30-20)23(28)26-19-12-25-27(14-19)13-17-6-4-7-18(24)11-17/h2-12,14H,13,15H2,1H3,(H,26,28). The number of furan rings is 1. The Morgan fingerprint density at radius 3 is 2.87 bits per heavy atom. The van der Waals surface area contributed by atoms with Gasteiger partial charge in [-0.1, -0.05) is 30.3 Å². The normalized spacial score (nSPS) is 10.7. The van der Waals surface area contributed by atoms with Crippen molar-refractivity contribution in [1.82, 2.24) is 9.78 Å². The first kappa shape index (κ1) is 19.4. The molecule has 2 heterocycles. The maximum atomic E-state index is 13.3. The highest BCUT2D eigenvalue weighted by Crippen LogP contribution is 2.19. The lowest BCUT2D eigenvalue weighted by molar-refractivity contribution is 0.0992. The summed E-state index contributed by atoms with van der Waals surface area (Å²) in [7, 11) is 0. The van der Waals surface area contributed by atoms with Crippen molar-refractivity contribution < 1.29 is 18.3 Å². The summed E-state index contributed by atoms with van der Waals surface area (Å²) in [6.07, 6.45) is 3.20. The first-order valence-electron chi connectivity index (χ1n) is 9.42. The predicted octanol–water partition coefficient (Wildman–Crippen LogP) is 4.80. The fourth-order valence-corrected chi connectivity index (χ4v) is 2.97. The lowest BCUT2D eigenvalue weighted by Crippen LogP contribution is -2.10. The minimum Gasteiger partial charge on any atom is -0.485 e. The quantitative estimate of drug-likeness (QED) is 0.479. The maximum Gasteiger partial charge on any atom is 0.291 e. The third kappa shape index (κ3) is 4.75. The monoisotopic (exact) mass is 405 g/mol. The smallest absolute Gasteiger partial charge is 0.291 e. The first-order valence-corrected chi connectivity index (χ1v) is 9.42. The number of carbonyl (C=O) groups is 1. The Hall–Kier alpha value is -3.87. The zero-order valence-corrected chi connectivity index (χ0v) is 16.3. The molecule has 1 N–H and O–H groups in total. The van der Waals surface area contributed by atoms with Gasteiger partial charge in [0.1, 0.15) is 23.9 Å². The van der Waals surface area contributed by atoms with Crippen LogP contribution in [0.1, 0.15) is 27.4 Å². The molecule has 0 unspecified atom stereocenters. The lowest BCUT2D eigenvalue weighted by Gasteiger charge is -2.06. The van der Waals surface area contributed by atoms with E-state index in [9.17, 15) is 9.18 Å². The third-order valence-electron chi connectivity index (χ3n) is 4.47. The Morgan fingerprint density at radius 2 is 2.03 bits per heavy atom.